The van der Waals surface area contributed by atoms with Crippen LogP contribution in [0.1, 0.15) is 5.56 Å². The molecule has 35 heavy (non-hydrogen) atoms. The third-order valence-electron chi connectivity index (χ3n) is 5.50. The molecule has 0 radical (unpaired) electrons. The van der Waals surface area contributed by atoms with E-state index in [4.69, 9.17) is 9.17 Å². The smallest absolute Gasteiger partial charge is 0.173 e. The van der Waals surface area contributed by atoms with Gasteiger partial charge in [0.1, 0.15) is 29.5 Å². The molecule has 0 aliphatic carbocycles. The fraction of sp³-hybridized carbons (Fsp3) is 0.321. The minimum Gasteiger partial charge on any atom is -0.409 e. The molecule has 7 heteroatoms. The molecule has 0 amide bonds. The highest BCUT2D eigenvalue weighted by Crippen LogP contribution is 2.51. The van der Waals surface area contributed by atoms with Crippen LogP contribution >= 0.6 is 7.21 Å². The minimum absolute atomic E-state index is 1.13. The molecule has 0 unspecified atom stereocenters. The number of amidine groups is 1. The van der Waals surface area contributed by atoms with Gasteiger partial charge in [-0.15, -0.1) is 0 Å². The molecule has 0 spiro atoms. The van der Waals surface area contributed by atoms with E-state index in [2.05, 4.69) is 154 Å². The van der Waals surface area contributed by atoms with Crippen molar-refractivity contribution < 1.29 is 0 Å². The molecule has 3 aromatic rings. The van der Waals surface area contributed by atoms with Gasteiger partial charge in [0.25, 0.3) is 0 Å². The van der Waals surface area contributed by atoms with Crippen LogP contribution in [0.4, 0.5) is 0 Å². The molecule has 3 rings (SSSR count). The van der Waals surface area contributed by atoms with Gasteiger partial charge >= 0.3 is 0 Å². The van der Waals surface area contributed by atoms with E-state index >= 15 is 0 Å². The second-order valence-corrected chi connectivity index (χ2v) is 29.6. The fourth-order valence-electron chi connectivity index (χ4n) is 4.71. The molecule has 0 bridgehead atoms. The van der Waals surface area contributed by atoms with Gasteiger partial charge in [-0.3, -0.25) is 0 Å². The van der Waals surface area contributed by atoms with Crippen LogP contribution in [0.25, 0.3) is 0 Å². The topological polar surface area (TPSA) is 28.0 Å². The zero-order valence-corrected chi connectivity index (χ0v) is 26.8. The van der Waals surface area contributed by atoms with Crippen LogP contribution in [0.2, 0.25) is 58.9 Å². The third-order valence-corrected chi connectivity index (χ3v) is 18.7. The Bertz CT molecular complexity index is 1130. The van der Waals surface area contributed by atoms with E-state index in [1.807, 2.05) is 0 Å². The van der Waals surface area contributed by atoms with Crippen molar-refractivity contribution in [3.8, 4) is 0 Å². The van der Waals surface area contributed by atoms with E-state index in [0.717, 1.165) is 5.84 Å². The Balaban J connectivity index is 2.56. The SMILES string of the molecule is C[Si](C)(C)N=P(/N=C(\c1ccccc1)N([Si](C)(C)C)[Si](C)(C)C)(c1ccccc1)c1ccccc1. The molecule has 0 N–H and O–H groups in total. The van der Waals surface area contributed by atoms with Crippen molar-refractivity contribution >= 4 is 48.4 Å². The summed E-state index contributed by atoms with van der Waals surface area (Å²) in [5.41, 5.74) is 1.19. The van der Waals surface area contributed by atoms with E-state index in [-0.39, 0.29) is 0 Å². The lowest BCUT2D eigenvalue weighted by molar-refractivity contribution is 0.902. The summed E-state index contributed by atoms with van der Waals surface area (Å²) >= 11 is 0. The summed E-state index contributed by atoms with van der Waals surface area (Å²) in [4.78, 5) is 0. The van der Waals surface area contributed by atoms with Crippen molar-refractivity contribution in [3.05, 3.63) is 96.6 Å². The number of benzene rings is 3. The predicted molar refractivity (Wildman–Crippen MR) is 166 cm³/mol. The lowest BCUT2D eigenvalue weighted by atomic mass is 10.2. The van der Waals surface area contributed by atoms with Crippen LogP contribution in [-0.2, 0) is 0 Å². The van der Waals surface area contributed by atoms with Crippen LogP contribution in [0, 0.1) is 0 Å². The first-order valence-electron chi connectivity index (χ1n) is 12.4. The van der Waals surface area contributed by atoms with Crippen molar-refractivity contribution in [1.82, 2.24) is 4.23 Å². The Morgan fingerprint density at radius 1 is 0.571 bits per heavy atom. The molecule has 3 aromatic carbocycles. The monoisotopic (exact) mass is 535 g/mol. The Morgan fingerprint density at radius 2 is 0.943 bits per heavy atom. The van der Waals surface area contributed by atoms with Gasteiger partial charge in [-0.05, 0) is 19.6 Å². The first-order valence-corrected chi connectivity index (χ1v) is 24.5. The second kappa shape index (κ2) is 10.6. The number of hydrogen-bond acceptors (Lipinski definition) is 1. The van der Waals surface area contributed by atoms with Crippen molar-refractivity contribution in [3.63, 3.8) is 0 Å². The Hall–Kier alpha value is -1.99. The lowest BCUT2D eigenvalue weighted by Gasteiger charge is -2.47. The van der Waals surface area contributed by atoms with Gasteiger partial charge in [0, 0.05) is 16.2 Å². The van der Waals surface area contributed by atoms with E-state index in [1.54, 1.807) is 0 Å². The molecular weight excluding hydrogens is 494 g/mol. The van der Waals surface area contributed by atoms with Crippen molar-refractivity contribution in [1.29, 1.82) is 0 Å². The molecule has 0 saturated carbocycles. The summed E-state index contributed by atoms with van der Waals surface area (Å²) in [5, 5.41) is 2.46. The summed E-state index contributed by atoms with van der Waals surface area (Å²) < 4.78 is 14.4. The molecule has 186 valence electrons. The van der Waals surface area contributed by atoms with Crippen LogP contribution in [0.3, 0.4) is 0 Å². The molecule has 0 saturated heterocycles. The molecule has 0 aliphatic rings. The maximum Gasteiger partial charge on any atom is 0.173 e. The zero-order valence-electron chi connectivity index (χ0n) is 22.9. The first kappa shape index (κ1) is 27.6. The summed E-state index contributed by atoms with van der Waals surface area (Å²) in [6.45, 7) is 21.7. The highest BCUT2D eigenvalue weighted by Gasteiger charge is 2.39. The highest BCUT2D eigenvalue weighted by molar-refractivity contribution is 7.80. The first-order chi connectivity index (χ1) is 16.2. The van der Waals surface area contributed by atoms with Gasteiger partial charge in [-0.2, -0.15) is 0 Å². The van der Waals surface area contributed by atoms with Crippen LogP contribution in [0.5, 0.6) is 0 Å². The molecule has 0 atom stereocenters. The summed E-state index contributed by atoms with van der Waals surface area (Å²) in [5.74, 6) is 1.13. The number of nitrogens with zero attached hydrogens (tertiary/aromatic N) is 3. The van der Waals surface area contributed by atoms with Gasteiger partial charge in [0.15, 0.2) is 8.24 Å². The molecule has 3 nitrogen and oxygen atoms in total. The minimum atomic E-state index is -2.46. The summed E-state index contributed by atoms with van der Waals surface area (Å²) in [6, 6.07) is 32.5. The average Bonchev–Trinajstić information content (AvgIpc) is 2.77. The Kier molecular flexibility index (Phi) is 8.32. The molecule has 0 heterocycles. The third kappa shape index (κ3) is 6.82. The van der Waals surface area contributed by atoms with E-state index in [9.17, 15) is 0 Å². The van der Waals surface area contributed by atoms with Gasteiger partial charge < -0.3 is 8.64 Å². The number of rotatable bonds is 7. The summed E-state index contributed by atoms with van der Waals surface area (Å²) in [7, 11) is -7.89. The Labute approximate surface area is 216 Å². The quantitative estimate of drug-likeness (QED) is 0.130. The van der Waals surface area contributed by atoms with Crippen molar-refractivity contribution in [2.24, 2.45) is 9.17 Å². The Morgan fingerprint density at radius 3 is 1.29 bits per heavy atom. The average molecular weight is 536 g/mol. The highest BCUT2D eigenvalue weighted by atomic mass is 31.2. The van der Waals surface area contributed by atoms with E-state index in [1.165, 1.54) is 16.2 Å². The van der Waals surface area contributed by atoms with Gasteiger partial charge in [0.05, 0.1) is 0 Å². The van der Waals surface area contributed by atoms with E-state index in [0.29, 0.717) is 0 Å². The molecule has 0 aromatic heterocycles. The van der Waals surface area contributed by atoms with E-state index < -0.39 is 31.9 Å². The van der Waals surface area contributed by atoms with Crippen molar-refractivity contribution in [2.45, 2.75) is 58.9 Å². The van der Waals surface area contributed by atoms with Crippen molar-refractivity contribution in [2.75, 3.05) is 0 Å². The van der Waals surface area contributed by atoms with Crippen LogP contribution in [-0.4, -0.2) is 34.8 Å². The standard InChI is InChI=1S/C28H42N3PSi3/c1-33(2,3)30-32(26-21-15-11-16-22-26,27-23-17-12-18-24-27)29-28(25-19-13-10-14-20-25)31(34(4,5)6)35(7,8)9/h10-24H,1-9H3/b29-28+. The number of hydrogen-bond donors (Lipinski definition) is 0. The van der Waals surface area contributed by atoms with Crippen LogP contribution < -0.4 is 10.6 Å². The van der Waals surface area contributed by atoms with Crippen LogP contribution in [0.15, 0.2) is 100 Å². The van der Waals surface area contributed by atoms with Gasteiger partial charge in [-0.1, -0.05) is 130 Å². The van der Waals surface area contributed by atoms with Gasteiger partial charge in [-0.25, -0.2) is 4.76 Å². The fourth-order valence-corrected chi connectivity index (χ4v) is 21.3. The lowest BCUT2D eigenvalue weighted by Crippen LogP contribution is -2.62. The summed E-state index contributed by atoms with van der Waals surface area (Å²) in [6.07, 6.45) is 0. The molecule has 0 fully saturated rings. The normalized spacial score (nSPS) is 13.5. The maximum absolute atomic E-state index is 5.93. The van der Waals surface area contributed by atoms with Gasteiger partial charge in [0.2, 0.25) is 0 Å². The maximum atomic E-state index is 5.93. The zero-order chi connectivity index (χ0) is 25.9. The molecular formula is C28H42N3PSi3. The second-order valence-electron chi connectivity index (χ2n) is 12.0. The largest absolute Gasteiger partial charge is 0.409 e. The predicted octanol–water partition coefficient (Wildman–Crippen LogP) is 8.01. The molecule has 0 aliphatic heterocycles.